The zero-order valence-electron chi connectivity index (χ0n) is 9.06. The highest BCUT2D eigenvalue weighted by Crippen LogP contribution is 2.20. The van der Waals surface area contributed by atoms with Crippen molar-refractivity contribution < 1.29 is 0 Å². The standard InChI is InChI=1S/C9H10Cl2N6/c1-17-5-13-8(16-17)2-3-12-6-4-7(10)14-15-9(6)11/h4-5H,2-3H2,1H3,(H,12,14). The minimum Gasteiger partial charge on any atom is -0.382 e. The first-order valence-electron chi connectivity index (χ1n) is 4.92. The summed E-state index contributed by atoms with van der Waals surface area (Å²) < 4.78 is 1.66. The van der Waals surface area contributed by atoms with Crippen LogP contribution in [0, 0.1) is 0 Å². The van der Waals surface area contributed by atoms with E-state index >= 15 is 0 Å². The first kappa shape index (κ1) is 12.1. The van der Waals surface area contributed by atoms with Gasteiger partial charge in [-0.2, -0.15) is 5.10 Å². The van der Waals surface area contributed by atoms with Crippen molar-refractivity contribution in [2.45, 2.75) is 6.42 Å². The molecule has 17 heavy (non-hydrogen) atoms. The van der Waals surface area contributed by atoms with E-state index in [4.69, 9.17) is 23.2 Å². The molecule has 0 fully saturated rings. The summed E-state index contributed by atoms with van der Waals surface area (Å²) in [6, 6.07) is 1.63. The zero-order chi connectivity index (χ0) is 12.3. The van der Waals surface area contributed by atoms with Gasteiger partial charge in [-0.25, -0.2) is 4.98 Å². The number of aryl methyl sites for hydroxylation is 1. The third-order valence-corrected chi connectivity index (χ3v) is 2.49. The third-order valence-electron chi connectivity index (χ3n) is 2.03. The van der Waals surface area contributed by atoms with Crippen molar-refractivity contribution in [3.63, 3.8) is 0 Å². The molecule has 0 bridgehead atoms. The Morgan fingerprint density at radius 1 is 1.35 bits per heavy atom. The number of anilines is 1. The van der Waals surface area contributed by atoms with Gasteiger partial charge in [0.2, 0.25) is 0 Å². The van der Waals surface area contributed by atoms with E-state index in [9.17, 15) is 0 Å². The highest BCUT2D eigenvalue weighted by molar-refractivity contribution is 6.33. The van der Waals surface area contributed by atoms with Crippen LogP contribution in [0.25, 0.3) is 0 Å². The topological polar surface area (TPSA) is 68.5 Å². The number of nitrogens with one attached hydrogen (secondary N) is 1. The van der Waals surface area contributed by atoms with E-state index in [1.54, 1.807) is 17.1 Å². The van der Waals surface area contributed by atoms with Crippen LogP contribution in [0.5, 0.6) is 0 Å². The van der Waals surface area contributed by atoms with E-state index in [1.165, 1.54) is 0 Å². The van der Waals surface area contributed by atoms with Gasteiger partial charge in [0.1, 0.15) is 6.33 Å². The minimum absolute atomic E-state index is 0.295. The molecular formula is C9H10Cl2N6. The maximum absolute atomic E-state index is 5.85. The van der Waals surface area contributed by atoms with Crippen LogP contribution in [0.3, 0.4) is 0 Å². The van der Waals surface area contributed by atoms with Crippen molar-refractivity contribution in [2.24, 2.45) is 7.05 Å². The summed E-state index contributed by atoms with van der Waals surface area (Å²) in [6.07, 6.45) is 2.35. The normalized spacial score (nSPS) is 10.5. The molecule has 0 aliphatic carbocycles. The molecule has 2 aromatic rings. The van der Waals surface area contributed by atoms with E-state index in [-0.39, 0.29) is 0 Å². The number of aromatic nitrogens is 5. The second-order valence-electron chi connectivity index (χ2n) is 3.38. The maximum atomic E-state index is 5.85. The predicted octanol–water partition coefficient (Wildman–Crippen LogP) is 1.57. The molecule has 0 radical (unpaired) electrons. The van der Waals surface area contributed by atoms with E-state index < -0.39 is 0 Å². The van der Waals surface area contributed by atoms with E-state index in [2.05, 4.69) is 25.6 Å². The SMILES string of the molecule is Cn1cnc(CCNc2cc(Cl)nnc2Cl)n1. The van der Waals surface area contributed by atoms with Crippen molar-refractivity contribution in [1.82, 2.24) is 25.0 Å². The highest BCUT2D eigenvalue weighted by Gasteiger charge is 2.04. The molecule has 6 nitrogen and oxygen atoms in total. The lowest BCUT2D eigenvalue weighted by atomic mass is 10.4. The molecule has 0 aromatic carbocycles. The summed E-state index contributed by atoms with van der Waals surface area (Å²) >= 11 is 11.6. The van der Waals surface area contributed by atoms with Gasteiger partial charge >= 0.3 is 0 Å². The Balaban J connectivity index is 1.91. The summed E-state index contributed by atoms with van der Waals surface area (Å²) in [7, 11) is 1.83. The van der Waals surface area contributed by atoms with Gasteiger partial charge in [-0.05, 0) is 0 Å². The van der Waals surface area contributed by atoms with Crippen molar-refractivity contribution in [3.05, 3.63) is 28.5 Å². The van der Waals surface area contributed by atoms with Crippen LogP contribution in [0.4, 0.5) is 5.69 Å². The van der Waals surface area contributed by atoms with Crippen molar-refractivity contribution in [1.29, 1.82) is 0 Å². The van der Waals surface area contributed by atoms with Crippen LogP contribution in [0.15, 0.2) is 12.4 Å². The Kier molecular flexibility index (Phi) is 3.75. The molecular weight excluding hydrogens is 263 g/mol. The fourth-order valence-corrected chi connectivity index (χ4v) is 1.59. The third kappa shape index (κ3) is 3.28. The van der Waals surface area contributed by atoms with Crippen LogP contribution in [-0.4, -0.2) is 31.5 Å². The Hall–Kier alpha value is -1.40. The molecule has 0 atom stereocenters. The number of halogens is 2. The Morgan fingerprint density at radius 3 is 2.88 bits per heavy atom. The molecule has 0 saturated heterocycles. The van der Waals surface area contributed by atoms with Gasteiger partial charge < -0.3 is 5.32 Å². The van der Waals surface area contributed by atoms with Gasteiger partial charge in [-0.1, -0.05) is 23.2 Å². The summed E-state index contributed by atoms with van der Waals surface area (Å²) in [5.41, 5.74) is 0.655. The van der Waals surface area contributed by atoms with Crippen LogP contribution in [0.2, 0.25) is 10.3 Å². The highest BCUT2D eigenvalue weighted by atomic mass is 35.5. The largest absolute Gasteiger partial charge is 0.382 e. The van der Waals surface area contributed by atoms with Crippen LogP contribution in [0.1, 0.15) is 5.82 Å². The monoisotopic (exact) mass is 272 g/mol. The fraction of sp³-hybridized carbons (Fsp3) is 0.333. The molecule has 0 unspecified atom stereocenters. The summed E-state index contributed by atoms with van der Waals surface area (Å²) in [5.74, 6) is 0.768. The lowest BCUT2D eigenvalue weighted by molar-refractivity contribution is 0.742. The van der Waals surface area contributed by atoms with E-state index in [0.29, 0.717) is 29.0 Å². The number of hydrogen-bond acceptors (Lipinski definition) is 5. The number of hydrogen-bond donors (Lipinski definition) is 1. The van der Waals surface area contributed by atoms with Crippen LogP contribution in [-0.2, 0) is 13.5 Å². The fourth-order valence-electron chi connectivity index (χ4n) is 1.28. The van der Waals surface area contributed by atoms with Gasteiger partial charge in [-0.3, -0.25) is 4.68 Å². The second kappa shape index (κ2) is 5.29. The Labute approximate surface area is 108 Å². The summed E-state index contributed by atoms with van der Waals surface area (Å²) in [5, 5.41) is 15.2. The zero-order valence-corrected chi connectivity index (χ0v) is 10.6. The molecule has 2 aromatic heterocycles. The quantitative estimate of drug-likeness (QED) is 0.915. The van der Waals surface area contributed by atoms with Gasteiger partial charge in [0.05, 0.1) is 5.69 Å². The van der Waals surface area contributed by atoms with Gasteiger partial charge in [-0.15, -0.1) is 10.2 Å². The Bertz CT molecular complexity index is 512. The van der Waals surface area contributed by atoms with Crippen molar-refractivity contribution >= 4 is 28.9 Å². The molecule has 0 saturated carbocycles. The molecule has 0 spiro atoms. The molecule has 8 heteroatoms. The number of nitrogens with zero attached hydrogens (tertiary/aromatic N) is 5. The lowest BCUT2D eigenvalue weighted by Gasteiger charge is -2.05. The summed E-state index contributed by atoms with van der Waals surface area (Å²) in [6.45, 7) is 0.645. The van der Waals surface area contributed by atoms with Crippen LogP contribution >= 0.6 is 23.2 Å². The number of rotatable bonds is 4. The van der Waals surface area contributed by atoms with Gasteiger partial charge in [0.15, 0.2) is 16.1 Å². The van der Waals surface area contributed by atoms with Crippen molar-refractivity contribution in [3.8, 4) is 0 Å². The van der Waals surface area contributed by atoms with Gasteiger partial charge in [0.25, 0.3) is 0 Å². The lowest BCUT2D eigenvalue weighted by Crippen LogP contribution is -2.07. The molecule has 2 heterocycles. The second-order valence-corrected chi connectivity index (χ2v) is 4.13. The summed E-state index contributed by atoms with van der Waals surface area (Å²) in [4.78, 5) is 4.11. The average molecular weight is 273 g/mol. The first-order valence-corrected chi connectivity index (χ1v) is 5.68. The smallest absolute Gasteiger partial charge is 0.174 e. The van der Waals surface area contributed by atoms with Crippen molar-refractivity contribution in [2.75, 3.05) is 11.9 Å². The molecule has 90 valence electrons. The first-order chi connectivity index (χ1) is 8.15. The van der Waals surface area contributed by atoms with Crippen LogP contribution < -0.4 is 5.32 Å². The van der Waals surface area contributed by atoms with E-state index in [0.717, 1.165) is 5.82 Å². The van der Waals surface area contributed by atoms with E-state index in [1.807, 2.05) is 7.05 Å². The Morgan fingerprint density at radius 2 is 2.18 bits per heavy atom. The average Bonchev–Trinajstić information content (AvgIpc) is 2.69. The predicted molar refractivity (Wildman–Crippen MR) is 65.2 cm³/mol. The molecule has 0 amide bonds. The molecule has 0 aliphatic heterocycles. The van der Waals surface area contributed by atoms with Gasteiger partial charge in [0, 0.05) is 26.1 Å². The minimum atomic E-state index is 0.295. The molecule has 1 N–H and O–H groups in total. The molecule has 2 rings (SSSR count). The maximum Gasteiger partial charge on any atom is 0.174 e. The molecule has 0 aliphatic rings.